The van der Waals surface area contributed by atoms with Crippen molar-refractivity contribution in [3.63, 3.8) is 0 Å². The second-order valence-electron chi connectivity index (χ2n) is 4.37. The van der Waals surface area contributed by atoms with E-state index in [1.165, 1.54) is 0 Å². The Morgan fingerprint density at radius 2 is 2.05 bits per heavy atom. The Bertz CT molecular complexity index is 461. The SMILES string of the molecule is CCNC(=O)c1ccc(N(CC)C(C)CC(=O)O)nn1. The van der Waals surface area contributed by atoms with Crippen molar-refractivity contribution in [1.29, 1.82) is 0 Å². The first kappa shape index (κ1) is 15.9. The van der Waals surface area contributed by atoms with E-state index in [0.29, 0.717) is 18.9 Å². The molecule has 1 aromatic heterocycles. The number of amides is 1. The van der Waals surface area contributed by atoms with Crippen LogP contribution in [0.2, 0.25) is 0 Å². The van der Waals surface area contributed by atoms with Crippen LogP contribution in [0.5, 0.6) is 0 Å². The van der Waals surface area contributed by atoms with Gasteiger partial charge in [-0.05, 0) is 32.9 Å². The Morgan fingerprint density at radius 1 is 1.35 bits per heavy atom. The smallest absolute Gasteiger partial charge is 0.305 e. The van der Waals surface area contributed by atoms with Crippen LogP contribution in [0.25, 0.3) is 0 Å². The second kappa shape index (κ2) is 7.42. The lowest BCUT2D eigenvalue weighted by molar-refractivity contribution is -0.137. The number of carbonyl (C=O) groups excluding carboxylic acids is 1. The zero-order chi connectivity index (χ0) is 15.1. The number of aliphatic carboxylic acids is 1. The van der Waals surface area contributed by atoms with E-state index in [1.807, 2.05) is 25.7 Å². The van der Waals surface area contributed by atoms with Crippen LogP contribution >= 0.6 is 0 Å². The third kappa shape index (κ3) is 4.18. The number of carboxylic acid groups (broad SMARTS) is 1. The van der Waals surface area contributed by atoms with Gasteiger partial charge in [0.05, 0.1) is 6.42 Å². The minimum atomic E-state index is -0.858. The lowest BCUT2D eigenvalue weighted by Crippen LogP contribution is -2.35. The van der Waals surface area contributed by atoms with E-state index in [-0.39, 0.29) is 24.1 Å². The summed E-state index contributed by atoms with van der Waals surface area (Å²) in [6.45, 7) is 6.70. The molecule has 0 aliphatic rings. The van der Waals surface area contributed by atoms with Crippen molar-refractivity contribution >= 4 is 17.7 Å². The predicted octanol–water partition coefficient (Wildman–Crippen LogP) is 0.916. The lowest BCUT2D eigenvalue weighted by Gasteiger charge is -2.27. The molecule has 0 bridgehead atoms. The molecule has 0 radical (unpaired) electrons. The molecule has 2 N–H and O–H groups in total. The number of hydrogen-bond donors (Lipinski definition) is 2. The van der Waals surface area contributed by atoms with E-state index in [1.54, 1.807) is 12.1 Å². The summed E-state index contributed by atoms with van der Waals surface area (Å²) in [5.74, 6) is -0.565. The van der Waals surface area contributed by atoms with Gasteiger partial charge in [0.15, 0.2) is 11.5 Å². The molecule has 0 saturated heterocycles. The molecule has 110 valence electrons. The van der Waals surface area contributed by atoms with Crippen LogP contribution in [0.3, 0.4) is 0 Å². The predicted molar refractivity (Wildman–Crippen MR) is 74.8 cm³/mol. The highest BCUT2D eigenvalue weighted by atomic mass is 16.4. The highest BCUT2D eigenvalue weighted by molar-refractivity contribution is 5.92. The van der Waals surface area contributed by atoms with Crippen molar-refractivity contribution in [3.05, 3.63) is 17.8 Å². The average molecular weight is 280 g/mol. The first-order chi connectivity index (χ1) is 9.49. The van der Waals surface area contributed by atoms with Crippen LogP contribution in [0.15, 0.2) is 12.1 Å². The number of carbonyl (C=O) groups is 2. The number of hydrogen-bond acceptors (Lipinski definition) is 5. The minimum Gasteiger partial charge on any atom is -0.481 e. The van der Waals surface area contributed by atoms with E-state index in [0.717, 1.165) is 0 Å². The van der Waals surface area contributed by atoms with Crippen molar-refractivity contribution in [2.24, 2.45) is 0 Å². The number of nitrogens with one attached hydrogen (secondary N) is 1. The highest BCUT2D eigenvalue weighted by Crippen LogP contribution is 2.15. The number of rotatable bonds is 7. The van der Waals surface area contributed by atoms with Crippen molar-refractivity contribution in [1.82, 2.24) is 15.5 Å². The Kier molecular flexibility index (Phi) is 5.89. The molecular weight excluding hydrogens is 260 g/mol. The summed E-state index contributed by atoms with van der Waals surface area (Å²) in [7, 11) is 0. The van der Waals surface area contributed by atoms with Gasteiger partial charge < -0.3 is 15.3 Å². The largest absolute Gasteiger partial charge is 0.481 e. The Morgan fingerprint density at radius 3 is 2.50 bits per heavy atom. The molecule has 7 heteroatoms. The first-order valence-electron chi connectivity index (χ1n) is 6.59. The van der Waals surface area contributed by atoms with Gasteiger partial charge >= 0.3 is 5.97 Å². The highest BCUT2D eigenvalue weighted by Gasteiger charge is 2.18. The maximum atomic E-state index is 11.6. The van der Waals surface area contributed by atoms with Crippen LogP contribution < -0.4 is 10.2 Å². The zero-order valence-corrected chi connectivity index (χ0v) is 12.0. The third-order valence-corrected chi connectivity index (χ3v) is 2.86. The summed E-state index contributed by atoms with van der Waals surface area (Å²) in [5, 5.41) is 19.4. The van der Waals surface area contributed by atoms with Crippen molar-refractivity contribution < 1.29 is 14.7 Å². The average Bonchev–Trinajstić information content (AvgIpc) is 2.39. The number of aromatic nitrogens is 2. The lowest BCUT2D eigenvalue weighted by atomic mass is 10.2. The molecule has 7 nitrogen and oxygen atoms in total. The van der Waals surface area contributed by atoms with Gasteiger partial charge in [0, 0.05) is 19.1 Å². The molecule has 1 aromatic rings. The molecule has 1 amide bonds. The molecule has 1 rings (SSSR count). The normalized spacial score (nSPS) is 11.8. The standard InChI is InChI=1S/C13H20N4O3/c1-4-14-13(20)10-6-7-11(16-15-10)17(5-2)9(3)8-12(18)19/h6-7,9H,4-5,8H2,1-3H3,(H,14,20)(H,18,19). The fourth-order valence-electron chi connectivity index (χ4n) is 1.91. The molecule has 1 unspecified atom stereocenters. The summed E-state index contributed by atoms with van der Waals surface area (Å²) in [6.07, 6.45) is 0.0214. The minimum absolute atomic E-state index is 0.0214. The van der Waals surface area contributed by atoms with Gasteiger partial charge in [-0.1, -0.05) is 0 Å². The second-order valence-corrected chi connectivity index (χ2v) is 4.37. The van der Waals surface area contributed by atoms with Crippen molar-refractivity contribution in [2.75, 3.05) is 18.0 Å². The van der Waals surface area contributed by atoms with E-state index in [4.69, 9.17) is 5.11 Å². The quantitative estimate of drug-likeness (QED) is 0.771. The van der Waals surface area contributed by atoms with E-state index >= 15 is 0 Å². The summed E-state index contributed by atoms with van der Waals surface area (Å²) >= 11 is 0. The van der Waals surface area contributed by atoms with Gasteiger partial charge in [-0.3, -0.25) is 9.59 Å². The molecular formula is C13H20N4O3. The van der Waals surface area contributed by atoms with Crippen LogP contribution in [0, 0.1) is 0 Å². The van der Waals surface area contributed by atoms with Crippen LogP contribution in [-0.4, -0.2) is 46.3 Å². The van der Waals surface area contributed by atoms with Gasteiger partial charge in [-0.25, -0.2) is 0 Å². The van der Waals surface area contributed by atoms with Crippen molar-refractivity contribution in [3.8, 4) is 0 Å². The van der Waals surface area contributed by atoms with E-state index in [9.17, 15) is 9.59 Å². The molecule has 20 heavy (non-hydrogen) atoms. The van der Waals surface area contributed by atoms with Gasteiger partial charge in [0.25, 0.3) is 5.91 Å². The Balaban J connectivity index is 2.84. The molecule has 0 fully saturated rings. The fourth-order valence-corrected chi connectivity index (χ4v) is 1.91. The molecule has 0 aliphatic heterocycles. The summed E-state index contributed by atoms with van der Waals surface area (Å²) in [5.41, 5.74) is 0.248. The molecule has 1 atom stereocenters. The van der Waals surface area contributed by atoms with Crippen LogP contribution in [0.4, 0.5) is 5.82 Å². The monoisotopic (exact) mass is 280 g/mol. The number of anilines is 1. The number of carboxylic acids is 1. The van der Waals surface area contributed by atoms with Crippen molar-refractivity contribution in [2.45, 2.75) is 33.2 Å². The third-order valence-electron chi connectivity index (χ3n) is 2.86. The molecule has 1 heterocycles. The maximum absolute atomic E-state index is 11.6. The number of nitrogens with zero attached hydrogens (tertiary/aromatic N) is 3. The zero-order valence-electron chi connectivity index (χ0n) is 12.0. The topological polar surface area (TPSA) is 95.4 Å². The van der Waals surface area contributed by atoms with Gasteiger partial charge in [-0.2, -0.15) is 0 Å². The van der Waals surface area contributed by atoms with E-state index < -0.39 is 5.97 Å². The summed E-state index contributed by atoms with van der Waals surface area (Å²) in [4.78, 5) is 24.2. The molecule has 0 aromatic carbocycles. The Labute approximate surface area is 118 Å². The molecule has 0 spiro atoms. The first-order valence-corrected chi connectivity index (χ1v) is 6.59. The van der Waals surface area contributed by atoms with Gasteiger partial charge in [-0.15, -0.1) is 10.2 Å². The summed E-state index contributed by atoms with van der Waals surface area (Å²) in [6, 6.07) is 3.07. The van der Waals surface area contributed by atoms with Gasteiger partial charge in [0.1, 0.15) is 0 Å². The fraction of sp³-hybridized carbons (Fsp3) is 0.538. The van der Waals surface area contributed by atoms with Crippen LogP contribution in [-0.2, 0) is 4.79 Å². The van der Waals surface area contributed by atoms with Gasteiger partial charge in [0.2, 0.25) is 0 Å². The maximum Gasteiger partial charge on any atom is 0.305 e. The van der Waals surface area contributed by atoms with Crippen LogP contribution in [0.1, 0.15) is 37.7 Å². The molecule has 0 aliphatic carbocycles. The Hall–Kier alpha value is -2.18. The van der Waals surface area contributed by atoms with E-state index in [2.05, 4.69) is 15.5 Å². The summed E-state index contributed by atoms with van der Waals surface area (Å²) < 4.78 is 0. The molecule has 0 saturated carbocycles.